The highest BCUT2D eigenvalue weighted by molar-refractivity contribution is 7.09. The van der Waals surface area contributed by atoms with Gasteiger partial charge in [-0.05, 0) is 0 Å². The molecule has 0 fully saturated rings. The van der Waals surface area contributed by atoms with Gasteiger partial charge in [-0.1, -0.05) is 6.92 Å². The molecule has 2 aromatic rings. The Bertz CT molecular complexity index is 571. The Balaban J connectivity index is 2.28. The Kier molecular flexibility index (Phi) is 3.14. The Morgan fingerprint density at radius 1 is 1.50 bits per heavy atom. The zero-order valence-corrected chi connectivity index (χ0v) is 9.79. The number of rotatable bonds is 4. The van der Waals surface area contributed by atoms with Crippen molar-refractivity contribution < 1.29 is 4.79 Å². The van der Waals surface area contributed by atoms with Gasteiger partial charge in [0.25, 0.3) is 5.56 Å². The summed E-state index contributed by atoms with van der Waals surface area (Å²) in [6, 6.07) is 0. The van der Waals surface area contributed by atoms with E-state index in [-0.39, 0.29) is 11.3 Å². The summed E-state index contributed by atoms with van der Waals surface area (Å²) in [7, 11) is 0. The molecule has 0 aliphatic heterocycles. The molecule has 2 aromatic heterocycles. The van der Waals surface area contributed by atoms with Crippen LogP contribution in [0.2, 0.25) is 0 Å². The lowest BCUT2D eigenvalue weighted by Crippen LogP contribution is -2.21. The van der Waals surface area contributed by atoms with Crippen LogP contribution in [0, 0.1) is 0 Å². The summed E-state index contributed by atoms with van der Waals surface area (Å²) < 4.78 is 1.50. The van der Waals surface area contributed by atoms with Crippen LogP contribution < -0.4 is 5.56 Å². The standard InChI is InChI=1S/C11H12N2O2S/c1-2-8(14)3-4-13-7-12-10-6-16-5-9(10)11(13)15/h5-7H,2-4H2,1H3. The van der Waals surface area contributed by atoms with E-state index >= 15 is 0 Å². The Hall–Kier alpha value is -1.49. The molecule has 0 radical (unpaired) electrons. The van der Waals surface area contributed by atoms with Gasteiger partial charge in [-0.3, -0.25) is 14.2 Å². The topological polar surface area (TPSA) is 52.0 Å². The molecule has 0 atom stereocenters. The average molecular weight is 236 g/mol. The Labute approximate surface area is 96.6 Å². The minimum atomic E-state index is -0.0600. The molecule has 16 heavy (non-hydrogen) atoms. The van der Waals surface area contributed by atoms with Crippen molar-refractivity contribution in [2.24, 2.45) is 0 Å². The van der Waals surface area contributed by atoms with E-state index in [1.54, 1.807) is 5.38 Å². The monoisotopic (exact) mass is 236 g/mol. The van der Waals surface area contributed by atoms with E-state index in [0.717, 1.165) is 5.52 Å². The summed E-state index contributed by atoms with van der Waals surface area (Å²) >= 11 is 1.46. The number of thiophene rings is 1. The molecule has 0 N–H and O–H groups in total. The van der Waals surface area contributed by atoms with Crippen LogP contribution in [0.5, 0.6) is 0 Å². The molecule has 2 heterocycles. The number of aryl methyl sites for hydroxylation is 1. The molecular formula is C11H12N2O2S. The van der Waals surface area contributed by atoms with Gasteiger partial charge in [0.15, 0.2) is 0 Å². The van der Waals surface area contributed by atoms with Crippen molar-refractivity contribution in [3.63, 3.8) is 0 Å². The lowest BCUT2D eigenvalue weighted by atomic mass is 10.2. The van der Waals surface area contributed by atoms with Gasteiger partial charge < -0.3 is 0 Å². The van der Waals surface area contributed by atoms with E-state index in [1.165, 1.54) is 22.2 Å². The van der Waals surface area contributed by atoms with Crippen LogP contribution >= 0.6 is 11.3 Å². The third-order valence-corrected chi connectivity index (χ3v) is 3.23. The largest absolute Gasteiger partial charge is 0.300 e. The minimum absolute atomic E-state index is 0.0600. The highest BCUT2D eigenvalue weighted by atomic mass is 32.1. The van der Waals surface area contributed by atoms with Gasteiger partial charge >= 0.3 is 0 Å². The van der Waals surface area contributed by atoms with Crippen LogP contribution in [0.3, 0.4) is 0 Å². The minimum Gasteiger partial charge on any atom is -0.300 e. The Morgan fingerprint density at radius 2 is 2.31 bits per heavy atom. The molecule has 0 bridgehead atoms. The average Bonchev–Trinajstić information content (AvgIpc) is 2.76. The van der Waals surface area contributed by atoms with Crippen LogP contribution in [-0.4, -0.2) is 15.3 Å². The number of aromatic nitrogens is 2. The quantitative estimate of drug-likeness (QED) is 0.813. The molecule has 0 saturated heterocycles. The number of nitrogens with zero attached hydrogens (tertiary/aromatic N) is 2. The van der Waals surface area contributed by atoms with Crippen LogP contribution in [0.4, 0.5) is 0 Å². The molecule has 4 nitrogen and oxygen atoms in total. The predicted octanol–water partition coefficient (Wildman–Crippen LogP) is 1.83. The van der Waals surface area contributed by atoms with Gasteiger partial charge in [-0.2, -0.15) is 0 Å². The van der Waals surface area contributed by atoms with Gasteiger partial charge in [0.2, 0.25) is 0 Å². The molecule has 2 rings (SSSR count). The fourth-order valence-electron chi connectivity index (χ4n) is 1.47. The second-order valence-corrected chi connectivity index (χ2v) is 4.30. The molecule has 0 aliphatic carbocycles. The van der Waals surface area contributed by atoms with Crippen molar-refractivity contribution in [3.8, 4) is 0 Å². The fraction of sp³-hybridized carbons (Fsp3) is 0.364. The van der Waals surface area contributed by atoms with Crippen molar-refractivity contribution in [2.75, 3.05) is 0 Å². The lowest BCUT2D eigenvalue weighted by molar-refractivity contribution is -0.118. The Morgan fingerprint density at radius 3 is 3.06 bits per heavy atom. The number of carbonyl (C=O) groups excluding carboxylic acids is 1. The normalized spacial score (nSPS) is 10.8. The highest BCUT2D eigenvalue weighted by Crippen LogP contribution is 2.11. The van der Waals surface area contributed by atoms with E-state index in [9.17, 15) is 9.59 Å². The molecule has 0 amide bonds. The van der Waals surface area contributed by atoms with Crippen molar-refractivity contribution in [2.45, 2.75) is 26.3 Å². The number of fused-ring (bicyclic) bond motifs is 1. The number of hydrogen-bond donors (Lipinski definition) is 0. The number of carbonyl (C=O) groups is 1. The summed E-state index contributed by atoms with van der Waals surface area (Å²) in [5.41, 5.74) is 0.670. The molecule has 5 heteroatoms. The first-order valence-corrected chi connectivity index (χ1v) is 6.09. The third-order valence-electron chi connectivity index (χ3n) is 2.49. The maximum absolute atomic E-state index is 11.9. The van der Waals surface area contributed by atoms with Crippen molar-refractivity contribution in [1.82, 2.24) is 9.55 Å². The molecular weight excluding hydrogens is 224 g/mol. The zero-order valence-electron chi connectivity index (χ0n) is 8.97. The maximum Gasteiger partial charge on any atom is 0.262 e. The fourth-order valence-corrected chi connectivity index (χ4v) is 2.21. The van der Waals surface area contributed by atoms with Gasteiger partial charge in [-0.25, -0.2) is 4.98 Å². The van der Waals surface area contributed by atoms with Crippen molar-refractivity contribution >= 4 is 28.0 Å². The molecule has 0 saturated carbocycles. The zero-order chi connectivity index (χ0) is 11.5. The van der Waals surface area contributed by atoms with Crippen LogP contribution in [0.25, 0.3) is 10.9 Å². The van der Waals surface area contributed by atoms with Crippen LogP contribution in [-0.2, 0) is 11.3 Å². The second-order valence-electron chi connectivity index (χ2n) is 3.56. The maximum atomic E-state index is 11.9. The van der Waals surface area contributed by atoms with E-state index in [4.69, 9.17) is 0 Å². The van der Waals surface area contributed by atoms with Crippen LogP contribution in [0.15, 0.2) is 21.9 Å². The van der Waals surface area contributed by atoms with Gasteiger partial charge in [-0.15, -0.1) is 11.3 Å². The SMILES string of the molecule is CCC(=O)CCn1cnc2cscc2c1=O. The van der Waals surface area contributed by atoms with Crippen molar-refractivity contribution in [1.29, 1.82) is 0 Å². The summed E-state index contributed by atoms with van der Waals surface area (Å²) in [4.78, 5) is 27.3. The molecule has 84 valence electrons. The lowest BCUT2D eigenvalue weighted by Gasteiger charge is -2.03. The van der Waals surface area contributed by atoms with E-state index in [0.29, 0.717) is 24.8 Å². The predicted molar refractivity (Wildman–Crippen MR) is 63.8 cm³/mol. The number of ketones is 1. The smallest absolute Gasteiger partial charge is 0.262 e. The third kappa shape index (κ3) is 2.04. The summed E-state index contributed by atoms with van der Waals surface area (Å²) in [6.45, 7) is 2.25. The molecule has 0 unspecified atom stereocenters. The van der Waals surface area contributed by atoms with E-state index < -0.39 is 0 Å². The molecule has 0 aliphatic rings. The first kappa shape index (κ1) is 11.0. The number of Topliss-reactive ketones (excluding diaryl/α,β-unsaturated/α-hetero) is 1. The molecule has 0 aromatic carbocycles. The second kappa shape index (κ2) is 4.57. The van der Waals surface area contributed by atoms with E-state index in [2.05, 4.69) is 4.98 Å². The summed E-state index contributed by atoms with van der Waals surface area (Å²) in [6.07, 6.45) is 2.43. The van der Waals surface area contributed by atoms with Crippen LogP contribution in [0.1, 0.15) is 19.8 Å². The van der Waals surface area contributed by atoms with E-state index in [1.807, 2.05) is 12.3 Å². The van der Waals surface area contributed by atoms with Gasteiger partial charge in [0.05, 0.1) is 17.2 Å². The van der Waals surface area contributed by atoms with Gasteiger partial charge in [0.1, 0.15) is 5.78 Å². The summed E-state index contributed by atoms with van der Waals surface area (Å²) in [5.74, 6) is 0.164. The first-order valence-electron chi connectivity index (χ1n) is 5.15. The highest BCUT2D eigenvalue weighted by Gasteiger charge is 2.05. The van der Waals surface area contributed by atoms with Crippen molar-refractivity contribution in [3.05, 3.63) is 27.4 Å². The summed E-state index contributed by atoms with van der Waals surface area (Å²) in [5, 5.41) is 4.28. The number of hydrogen-bond acceptors (Lipinski definition) is 4. The first-order chi connectivity index (χ1) is 7.72. The van der Waals surface area contributed by atoms with Gasteiger partial charge in [0, 0.05) is 30.1 Å². The molecule has 0 spiro atoms.